The highest BCUT2D eigenvalue weighted by Gasteiger charge is 2.16. The van der Waals surface area contributed by atoms with Gasteiger partial charge in [0.15, 0.2) is 17.5 Å². The highest BCUT2D eigenvalue weighted by atomic mass is 35.5. The van der Waals surface area contributed by atoms with Gasteiger partial charge >= 0.3 is 0 Å². The van der Waals surface area contributed by atoms with E-state index in [0.717, 1.165) is 12.1 Å². The summed E-state index contributed by atoms with van der Waals surface area (Å²) in [6.07, 6.45) is 1.38. The first-order valence-corrected chi connectivity index (χ1v) is 7.75. The zero-order valence-electron chi connectivity index (χ0n) is 13.1. The van der Waals surface area contributed by atoms with Crippen molar-refractivity contribution in [3.8, 4) is 0 Å². The quantitative estimate of drug-likeness (QED) is 0.618. The van der Waals surface area contributed by atoms with Crippen LogP contribution in [0.5, 0.6) is 0 Å². The lowest BCUT2D eigenvalue weighted by atomic mass is 10.2. The molecule has 8 heteroatoms. The van der Waals surface area contributed by atoms with Crippen LogP contribution in [0.4, 0.5) is 30.4 Å². The van der Waals surface area contributed by atoms with Gasteiger partial charge in [-0.2, -0.15) is 0 Å². The van der Waals surface area contributed by atoms with Gasteiger partial charge in [-0.3, -0.25) is 4.79 Å². The largest absolute Gasteiger partial charge is 0.340 e. The highest BCUT2D eigenvalue weighted by molar-refractivity contribution is 6.30. The molecule has 0 aliphatic heterocycles. The Morgan fingerprint density at radius 2 is 1.81 bits per heavy atom. The van der Waals surface area contributed by atoms with Crippen LogP contribution in [0.25, 0.3) is 0 Å². The summed E-state index contributed by atoms with van der Waals surface area (Å²) < 4.78 is 39.9. The Labute approximate surface area is 151 Å². The van der Waals surface area contributed by atoms with E-state index in [-0.39, 0.29) is 5.56 Å². The van der Waals surface area contributed by atoms with Crippen molar-refractivity contribution in [2.75, 3.05) is 10.6 Å². The van der Waals surface area contributed by atoms with E-state index in [4.69, 9.17) is 11.6 Å². The summed E-state index contributed by atoms with van der Waals surface area (Å²) in [6.45, 7) is 0. The zero-order valence-corrected chi connectivity index (χ0v) is 13.8. The number of aromatic nitrogens is 1. The first-order chi connectivity index (χ1) is 12.4. The van der Waals surface area contributed by atoms with Crippen LogP contribution in [0.15, 0.2) is 54.7 Å². The monoisotopic (exact) mass is 377 g/mol. The van der Waals surface area contributed by atoms with E-state index in [2.05, 4.69) is 15.6 Å². The second-order valence-corrected chi connectivity index (χ2v) is 5.68. The third kappa shape index (κ3) is 3.94. The smallest absolute Gasteiger partial charge is 0.255 e. The van der Waals surface area contributed by atoms with Crippen molar-refractivity contribution in [1.29, 1.82) is 0 Å². The van der Waals surface area contributed by atoms with Crippen LogP contribution in [0.2, 0.25) is 5.02 Å². The number of amides is 1. The van der Waals surface area contributed by atoms with Gasteiger partial charge in [0.1, 0.15) is 5.82 Å². The molecule has 2 N–H and O–H groups in total. The summed E-state index contributed by atoms with van der Waals surface area (Å²) in [5, 5.41) is 5.70. The van der Waals surface area contributed by atoms with Crippen molar-refractivity contribution in [2.24, 2.45) is 0 Å². The highest BCUT2D eigenvalue weighted by Crippen LogP contribution is 2.22. The molecule has 0 aliphatic carbocycles. The van der Waals surface area contributed by atoms with Gasteiger partial charge in [-0.25, -0.2) is 18.2 Å². The number of pyridine rings is 1. The predicted molar refractivity (Wildman–Crippen MR) is 93.2 cm³/mol. The first kappa shape index (κ1) is 17.8. The molecule has 1 heterocycles. The summed E-state index contributed by atoms with van der Waals surface area (Å²) in [4.78, 5) is 16.3. The van der Waals surface area contributed by atoms with Crippen LogP contribution in [-0.2, 0) is 0 Å². The maximum atomic E-state index is 13.7. The number of carbonyl (C=O) groups is 1. The predicted octanol–water partition coefficient (Wildman–Crippen LogP) is 5.15. The number of anilines is 3. The first-order valence-electron chi connectivity index (χ1n) is 7.37. The molecule has 3 aromatic rings. The Bertz CT molecular complexity index is 982. The Kier molecular flexibility index (Phi) is 5.09. The number of nitrogens with zero attached hydrogens (tertiary/aromatic N) is 1. The van der Waals surface area contributed by atoms with E-state index >= 15 is 0 Å². The molecule has 0 saturated heterocycles. The van der Waals surface area contributed by atoms with E-state index in [1.165, 1.54) is 18.3 Å². The number of halogens is 4. The van der Waals surface area contributed by atoms with E-state index in [0.29, 0.717) is 16.5 Å². The molecular formula is C18H11ClF3N3O. The van der Waals surface area contributed by atoms with Gasteiger partial charge in [-0.05, 0) is 42.5 Å². The fraction of sp³-hybridized carbons (Fsp3) is 0. The van der Waals surface area contributed by atoms with Crippen LogP contribution in [0.3, 0.4) is 0 Å². The Morgan fingerprint density at radius 3 is 2.58 bits per heavy atom. The number of hydrogen-bond donors (Lipinski definition) is 2. The summed E-state index contributed by atoms with van der Waals surface area (Å²) in [5.74, 6) is -4.81. The maximum absolute atomic E-state index is 13.7. The molecule has 0 atom stereocenters. The third-order valence-corrected chi connectivity index (χ3v) is 3.64. The van der Waals surface area contributed by atoms with E-state index in [9.17, 15) is 18.0 Å². The van der Waals surface area contributed by atoms with Crippen LogP contribution in [-0.4, -0.2) is 10.9 Å². The van der Waals surface area contributed by atoms with Crippen molar-refractivity contribution >= 4 is 34.7 Å². The summed E-state index contributed by atoms with van der Waals surface area (Å²) >= 11 is 5.90. The average Bonchev–Trinajstić information content (AvgIpc) is 2.62. The standard InChI is InChI=1S/C18H11ClF3N3O/c19-11-2-1-3-12(9-11)24-15-8-10(6-7-23-15)18(26)25-14-5-4-13(20)16(21)17(14)22/h1-9H,(H,23,24)(H,25,26). The molecule has 132 valence electrons. The zero-order chi connectivity index (χ0) is 18.7. The van der Waals surface area contributed by atoms with Gasteiger partial charge < -0.3 is 10.6 Å². The van der Waals surface area contributed by atoms with E-state index < -0.39 is 29.0 Å². The molecule has 0 spiro atoms. The molecule has 3 rings (SSSR count). The molecule has 4 nitrogen and oxygen atoms in total. The summed E-state index contributed by atoms with van der Waals surface area (Å²) in [7, 11) is 0. The Balaban J connectivity index is 1.79. The van der Waals surface area contributed by atoms with Crippen molar-refractivity contribution in [3.63, 3.8) is 0 Å². The minimum atomic E-state index is -1.65. The molecule has 0 saturated carbocycles. The number of rotatable bonds is 4. The second-order valence-electron chi connectivity index (χ2n) is 5.24. The lowest BCUT2D eigenvalue weighted by Crippen LogP contribution is -2.14. The minimum Gasteiger partial charge on any atom is -0.340 e. The molecule has 1 aromatic heterocycles. The van der Waals surface area contributed by atoms with Crippen LogP contribution >= 0.6 is 11.6 Å². The second kappa shape index (κ2) is 7.45. The summed E-state index contributed by atoms with van der Waals surface area (Å²) in [6, 6.07) is 11.4. The lowest BCUT2D eigenvalue weighted by molar-refractivity contribution is 0.102. The topological polar surface area (TPSA) is 54.0 Å². The molecule has 0 fully saturated rings. The van der Waals surface area contributed by atoms with Crippen LogP contribution in [0, 0.1) is 17.5 Å². The van der Waals surface area contributed by atoms with Gasteiger partial charge in [0.05, 0.1) is 5.69 Å². The number of benzene rings is 2. The van der Waals surface area contributed by atoms with Crippen LogP contribution < -0.4 is 10.6 Å². The average molecular weight is 378 g/mol. The van der Waals surface area contributed by atoms with Gasteiger partial charge in [-0.15, -0.1) is 0 Å². The molecule has 0 bridgehead atoms. The molecule has 0 unspecified atom stereocenters. The van der Waals surface area contributed by atoms with Crippen molar-refractivity contribution in [2.45, 2.75) is 0 Å². The normalized spacial score (nSPS) is 10.5. The Morgan fingerprint density at radius 1 is 1.00 bits per heavy atom. The molecule has 1 amide bonds. The van der Waals surface area contributed by atoms with Crippen molar-refractivity contribution in [1.82, 2.24) is 4.98 Å². The van der Waals surface area contributed by atoms with E-state index in [1.807, 2.05) is 0 Å². The number of hydrogen-bond acceptors (Lipinski definition) is 3. The van der Waals surface area contributed by atoms with Crippen LogP contribution in [0.1, 0.15) is 10.4 Å². The summed E-state index contributed by atoms with van der Waals surface area (Å²) in [5.41, 5.74) is 0.345. The van der Waals surface area contributed by atoms with Gasteiger partial charge in [-0.1, -0.05) is 17.7 Å². The molecule has 26 heavy (non-hydrogen) atoms. The van der Waals surface area contributed by atoms with Gasteiger partial charge in [0.25, 0.3) is 5.91 Å². The van der Waals surface area contributed by atoms with Crippen molar-refractivity contribution in [3.05, 3.63) is 82.8 Å². The van der Waals surface area contributed by atoms with E-state index in [1.54, 1.807) is 24.3 Å². The van der Waals surface area contributed by atoms with Crippen molar-refractivity contribution < 1.29 is 18.0 Å². The molecule has 2 aromatic carbocycles. The SMILES string of the molecule is O=C(Nc1ccc(F)c(F)c1F)c1ccnc(Nc2cccc(Cl)c2)c1. The number of carbonyl (C=O) groups excluding carboxylic acids is 1. The van der Waals surface area contributed by atoms with Gasteiger partial charge in [0.2, 0.25) is 0 Å². The minimum absolute atomic E-state index is 0.147. The fourth-order valence-corrected chi connectivity index (χ4v) is 2.36. The molecule has 0 radical (unpaired) electrons. The molecular weight excluding hydrogens is 367 g/mol. The van der Waals surface area contributed by atoms with Gasteiger partial charge in [0, 0.05) is 22.5 Å². The number of nitrogens with one attached hydrogen (secondary N) is 2. The molecule has 0 aliphatic rings. The third-order valence-electron chi connectivity index (χ3n) is 3.40. The fourth-order valence-electron chi connectivity index (χ4n) is 2.17. The maximum Gasteiger partial charge on any atom is 0.255 e. The Hall–Kier alpha value is -3.06. The lowest BCUT2D eigenvalue weighted by Gasteiger charge is -2.09.